The van der Waals surface area contributed by atoms with Gasteiger partial charge in [-0.25, -0.2) is 0 Å². The van der Waals surface area contributed by atoms with Gasteiger partial charge in [0.25, 0.3) is 0 Å². The van der Waals surface area contributed by atoms with Crippen LogP contribution in [0.5, 0.6) is 0 Å². The summed E-state index contributed by atoms with van der Waals surface area (Å²) in [5.41, 5.74) is 0. The van der Waals surface area contributed by atoms with Gasteiger partial charge in [0.15, 0.2) is 0 Å². The van der Waals surface area contributed by atoms with Crippen molar-refractivity contribution in [1.29, 1.82) is 5.26 Å². The topological polar surface area (TPSA) is 35.8 Å². The highest BCUT2D eigenvalue weighted by Gasteiger charge is 2.07. The highest BCUT2D eigenvalue weighted by Crippen LogP contribution is 2.10. The molecule has 0 radical (unpaired) electrons. The zero-order chi connectivity index (χ0) is 8.65. The normalized spacial score (nSPS) is 22.1. The summed E-state index contributed by atoms with van der Waals surface area (Å²) in [4.78, 5) is 0. The SMILES string of the molecule is N#CCCCNC1CC=CCC1. The van der Waals surface area contributed by atoms with Crippen LogP contribution in [-0.4, -0.2) is 12.6 Å². The average molecular weight is 164 g/mol. The van der Waals surface area contributed by atoms with Crippen LogP contribution >= 0.6 is 0 Å². The fourth-order valence-corrected chi connectivity index (χ4v) is 1.45. The highest BCUT2D eigenvalue weighted by atomic mass is 14.9. The van der Waals surface area contributed by atoms with Crippen LogP contribution in [0.4, 0.5) is 0 Å². The van der Waals surface area contributed by atoms with Gasteiger partial charge in [0, 0.05) is 12.5 Å². The molecule has 12 heavy (non-hydrogen) atoms. The fraction of sp³-hybridized carbons (Fsp3) is 0.700. The highest BCUT2D eigenvalue weighted by molar-refractivity contribution is 4.92. The maximum Gasteiger partial charge on any atom is 0.0622 e. The molecule has 0 bridgehead atoms. The maximum absolute atomic E-state index is 8.31. The zero-order valence-electron chi connectivity index (χ0n) is 7.42. The number of nitrogens with one attached hydrogen (secondary N) is 1. The monoisotopic (exact) mass is 164 g/mol. The number of hydrogen-bond acceptors (Lipinski definition) is 2. The minimum absolute atomic E-state index is 0.661. The number of nitrogens with zero attached hydrogens (tertiary/aromatic N) is 1. The summed E-state index contributed by atoms with van der Waals surface area (Å²) in [6.45, 7) is 0.992. The van der Waals surface area contributed by atoms with Gasteiger partial charge in [0.05, 0.1) is 6.07 Å². The smallest absolute Gasteiger partial charge is 0.0622 e. The summed E-state index contributed by atoms with van der Waals surface area (Å²) in [7, 11) is 0. The van der Waals surface area contributed by atoms with Gasteiger partial charge in [-0.15, -0.1) is 0 Å². The summed E-state index contributed by atoms with van der Waals surface area (Å²) >= 11 is 0. The predicted molar refractivity (Wildman–Crippen MR) is 49.6 cm³/mol. The van der Waals surface area contributed by atoms with Gasteiger partial charge in [0.2, 0.25) is 0 Å². The van der Waals surface area contributed by atoms with Crippen molar-refractivity contribution in [3.8, 4) is 6.07 Å². The van der Waals surface area contributed by atoms with E-state index < -0.39 is 0 Å². The second-order valence-corrected chi connectivity index (χ2v) is 3.20. The van der Waals surface area contributed by atoms with Gasteiger partial charge in [0.1, 0.15) is 0 Å². The van der Waals surface area contributed by atoms with E-state index in [0.717, 1.165) is 19.4 Å². The molecule has 1 aliphatic rings. The van der Waals surface area contributed by atoms with E-state index in [1.165, 1.54) is 12.8 Å². The first-order valence-electron chi connectivity index (χ1n) is 4.69. The van der Waals surface area contributed by atoms with Crippen LogP contribution in [-0.2, 0) is 0 Å². The molecule has 1 unspecified atom stereocenters. The first-order chi connectivity index (χ1) is 5.93. The van der Waals surface area contributed by atoms with Crippen LogP contribution < -0.4 is 5.32 Å². The number of allylic oxidation sites excluding steroid dienone is 1. The van der Waals surface area contributed by atoms with Crippen molar-refractivity contribution in [3.63, 3.8) is 0 Å². The van der Waals surface area contributed by atoms with Gasteiger partial charge in [-0.2, -0.15) is 5.26 Å². The van der Waals surface area contributed by atoms with Crippen LogP contribution in [0.15, 0.2) is 12.2 Å². The van der Waals surface area contributed by atoms with E-state index in [2.05, 4.69) is 23.5 Å². The molecule has 0 heterocycles. The summed E-state index contributed by atoms with van der Waals surface area (Å²) in [6, 6.07) is 2.81. The Morgan fingerprint density at radius 3 is 3.08 bits per heavy atom. The Hall–Kier alpha value is -0.810. The number of nitriles is 1. The third kappa shape index (κ3) is 3.54. The molecule has 1 atom stereocenters. The zero-order valence-corrected chi connectivity index (χ0v) is 7.42. The molecule has 0 spiro atoms. The largest absolute Gasteiger partial charge is 0.314 e. The lowest BCUT2D eigenvalue weighted by molar-refractivity contribution is 0.471. The maximum atomic E-state index is 8.31. The molecule has 0 saturated heterocycles. The molecule has 0 amide bonds. The molecule has 0 aromatic carbocycles. The molecule has 0 saturated carbocycles. The van der Waals surface area contributed by atoms with Gasteiger partial charge >= 0.3 is 0 Å². The van der Waals surface area contributed by atoms with Gasteiger partial charge < -0.3 is 5.32 Å². The minimum atomic E-state index is 0.661. The first-order valence-corrected chi connectivity index (χ1v) is 4.69. The molecule has 2 nitrogen and oxygen atoms in total. The lowest BCUT2D eigenvalue weighted by Crippen LogP contribution is -2.30. The molecule has 0 aromatic heterocycles. The molecule has 1 aliphatic carbocycles. The Bertz CT molecular complexity index is 179. The van der Waals surface area contributed by atoms with Crippen LogP contribution in [0, 0.1) is 11.3 Å². The van der Waals surface area contributed by atoms with E-state index in [1.54, 1.807) is 0 Å². The van der Waals surface area contributed by atoms with E-state index in [9.17, 15) is 0 Å². The third-order valence-corrected chi connectivity index (χ3v) is 2.17. The van der Waals surface area contributed by atoms with Crippen molar-refractivity contribution in [1.82, 2.24) is 5.32 Å². The van der Waals surface area contributed by atoms with Crippen LogP contribution in [0.1, 0.15) is 32.1 Å². The Morgan fingerprint density at radius 2 is 2.42 bits per heavy atom. The quantitative estimate of drug-likeness (QED) is 0.509. The molecule has 1 N–H and O–H groups in total. The summed E-state index contributed by atoms with van der Waals surface area (Å²) in [5.74, 6) is 0. The van der Waals surface area contributed by atoms with Gasteiger partial charge in [-0.1, -0.05) is 12.2 Å². The number of hydrogen-bond donors (Lipinski definition) is 1. The van der Waals surface area contributed by atoms with Crippen molar-refractivity contribution in [2.75, 3.05) is 6.54 Å². The minimum Gasteiger partial charge on any atom is -0.314 e. The molecular weight excluding hydrogens is 148 g/mol. The molecule has 1 rings (SSSR count). The van der Waals surface area contributed by atoms with Crippen molar-refractivity contribution < 1.29 is 0 Å². The molecule has 2 heteroatoms. The van der Waals surface area contributed by atoms with Crippen molar-refractivity contribution in [3.05, 3.63) is 12.2 Å². The van der Waals surface area contributed by atoms with Crippen molar-refractivity contribution >= 4 is 0 Å². The van der Waals surface area contributed by atoms with E-state index in [1.807, 2.05) is 0 Å². The predicted octanol–water partition coefficient (Wildman–Crippen LogP) is 1.99. The van der Waals surface area contributed by atoms with E-state index >= 15 is 0 Å². The third-order valence-electron chi connectivity index (χ3n) is 2.17. The van der Waals surface area contributed by atoms with E-state index in [4.69, 9.17) is 5.26 Å². The number of unbranched alkanes of at least 4 members (excludes halogenated alkanes) is 1. The van der Waals surface area contributed by atoms with Gasteiger partial charge in [-0.05, 0) is 32.2 Å². The molecule has 66 valence electrons. The second kappa shape index (κ2) is 5.79. The Labute approximate surface area is 74.3 Å². The number of rotatable bonds is 4. The van der Waals surface area contributed by atoms with Gasteiger partial charge in [-0.3, -0.25) is 0 Å². The van der Waals surface area contributed by atoms with Crippen LogP contribution in [0.25, 0.3) is 0 Å². The molecule has 0 fully saturated rings. The lowest BCUT2D eigenvalue weighted by Gasteiger charge is -2.18. The van der Waals surface area contributed by atoms with Crippen LogP contribution in [0.2, 0.25) is 0 Å². The Balaban J connectivity index is 2.00. The Morgan fingerprint density at radius 1 is 1.50 bits per heavy atom. The first kappa shape index (κ1) is 9.28. The fourth-order valence-electron chi connectivity index (χ4n) is 1.45. The summed E-state index contributed by atoms with van der Waals surface area (Å²) in [5, 5.41) is 11.8. The van der Waals surface area contributed by atoms with Crippen LogP contribution in [0.3, 0.4) is 0 Å². The van der Waals surface area contributed by atoms with Crippen molar-refractivity contribution in [2.24, 2.45) is 0 Å². The van der Waals surface area contributed by atoms with E-state index in [-0.39, 0.29) is 0 Å². The molecule has 0 aromatic rings. The standard InChI is InChI=1S/C10H16N2/c11-8-4-5-9-12-10-6-2-1-3-7-10/h1-2,10,12H,3-7,9H2. The molecular formula is C10H16N2. The van der Waals surface area contributed by atoms with E-state index in [0.29, 0.717) is 12.5 Å². The summed E-state index contributed by atoms with van der Waals surface area (Å²) in [6.07, 6.45) is 9.76. The second-order valence-electron chi connectivity index (χ2n) is 3.20. The lowest BCUT2D eigenvalue weighted by atomic mass is 10.0. The molecule has 0 aliphatic heterocycles. The summed E-state index contributed by atoms with van der Waals surface area (Å²) < 4.78 is 0. The average Bonchev–Trinajstić information content (AvgIpc) is 2.14. The Kier molecular flexibility index (Phi) is 4.48. The van der Waals surface area contributed by atoms with Crippen molar-refractivity contribution in [2.45, 2.75) is 38.1 Å².